The Morgan fingerprint density at radius 2 is 2.05 bits per heavy atom. The zero-order valence-electron chi connectivity index (χ0n) is 12.5. The van der Waals surface area contributed by atoms with E-state index < -0.39 is 6.03 Å². The van der Waals surface area contributed by atoms with E-state index in [1.54, 1.807) is 12.1 Å². The Hall–Kier alpha value is -2.21. The Labute approximate surface area is 133 Å². The van der Waals surface area contributed by atoms with Crippen LogP contribution in [0.5, 0.6) is 0 Å². The van der Waals surface area contributed by atoms with Gasteiger partial charge in [-0.25, -0.2) is 4.79 Å². The van der Waals surface area contributed by atoms with Crippen molar-refractivity contribution in [3.8, 4) is 0 Å². The molecule has 0 bridgehead atoms. The largest absolute Gasteiger partial charge is 0.467 e. The summed E-state index contributed by atoms with van der Waals surface area (Å²) in [6, 6.07) is 9.04. The van der Waals surface area contributed by atoms with Crippen molar-refractivity contribution >= 4 is 23.7 Å². The van der Waals surface area contributed by atoms with Gasteiger partial charge in [-0.15, -0.1) is 11.8 Å². The summed E-state index contributed by atoms with van der Waals surface area (Å²) in [6.45, 7) is 4.25. The number of hydrogen-bond acceptors (Lipinski definition) is 4. The molecule has 0 unspecified atom stereocenters. The van der Waals surface area contributed by atoms with Crippen molar-refractivity contribution in [3.63, 3.8) is 0 Å². The van der Waals surface area contributed by atoms with E-state index in [1.165, 1.54) is 18.0 Å². The van der Waals surface area contributed by atoms with Gasteiger partial charge in [-0.05, 0) is 37.6 Å². The Balaban J connectivity index is 1.75. The van der Waals surface area contributed by atoms with E-state index in [0.29, 0.717) is 5.76 Å². The molecule has 0 aliphatic heterocycles. The van der Waals surface area contributed by atoms with Gasteiger partial charge in [-0.2, -0.15) is 0 Å². The number of urea groups is 1. The van der Waals surface area contributed by atoms with E-state index in [2.05, 4.69) is 10.6 Å². The van der Waals surface area contributed by atoms with Crippen LogP contribution in [0.2, 0.25) is 0 Å². The van der Waals surface area contributed by atoms with Crippen molar-refractivity contribution in [2.75, 3.05) is 5.75 Å². The fourth-order valence-electron chi connectivity index (χ4n) is 1.79. The number of imide groups is 1. The second-order valence-corrected chi connectivity index (χ2v) is 5.89. The number of benzene rings is 1. The van der Waals surface area contributed by atoms with E-state index in [0.717, 1.165) is 16.0 Å². The quantitative estimate of drug-likeness (QED) is 0.831. The molecular weight excluding hydrogens is 300 g/mol. The normalized spacial score (nSPS) is 10.3. The maximum atomic E-state index is 11.8. The molecule has 22 heavy (non-hydrogen) atoms. The lowest BCUT2D eigenvalue weighted by molar-refractivity contribution is -0.117. The van der Waals surface area contributed by atoms with Crippen LogP contribution < -0.4 is 10.6 Å². The van der Waals surface area contributed by atoms with E-state index in [1.807, 2.05) is 32.0 Å². The van der Waals surface area contributed by atoms with Gasteiger partial charge in [-0.1, -0.05) is 17.7 Å². The number of carbonyl (C=O) groups excluding carboxylic acids is 2. The lowest BCUT2D eigenvalue weighted by Crippen LogP contribution is -2.39. The molecule has 3 amide bonds. The first-order valence-electron chi connectivity index (χ1n) is 6.84. The fourth-order valence-corrected chi connectivity index (χ4v) is 2.72. The van der Waals surface area contributed by atoms with Crippen molar-refractivity contribution in [1.82, 2.24) is 10.6 Å². The van der Waals surface area contributed by atoms with Gasteiger partial charge in [0.05, 0.1) is 18.6 Å². The predicted octanol–water partition coefficient (Wildman–Crippen LogP) is 3.01. The van der Waals surface area contributed by atoms with Crippen LogP contribution in [0, 0.1) is 13.8 Å². The molecule has 2 rings (SSSR count). The van der Waals surface area contributed by atoms with Crippen LogP contribution in [0.3, 0.4) is 0 Å². The van der Waals surface area contributed by atoms with Crippen molar-refractivity contribution in [2.24, 2.45) is 0 Å². The van der Waals surface area contributed by atoms with Gasteiger partial charge in [0.1, 0.15) is 5.76 Å². The molecule has 5 nitrogen and oxygen atoms in total. The molecule has 0 radical (unpaired) electrons. The van der Waals surface area contributed by atoms with Gasteiger partial charge < -0.3 is 9.73 Å². The Morgan fingerprint density at radius 1 is 1.23 bits per heavy atom. The molecular formula is C16H18N2O3S. The molecule has 2 N–H and O–H groups in total. The third kappa shape index (κ3) is 4.96. The fraction of sp³-hybridized carbons (Fsp3) is 0.250. The van der Waals surface area contributed by atoms with Crippen LogP contribution in [-0.2, 0) is 11.3 Å². The van der Waals surface area contributed by atoms with Gasteiger partial charge in [0.2, 0.25) is 5.91 Å². The van der Waals surface area contributed by atoms with E-state index >= 15 is 0 Å². The van der Waals surface area contributed by atoms with E-state index in [-0.39, 0.29) is 18.2 Å². The number of aryl methyl sites for hydroxylation is 2. The zero-order valence-corrected chi connectivity index (χ0v) is 13.3. The van der Waals surface area contributed by atoms with Crippen LogP contribution in [0.4, 0.5) is 4.79 Å². The summed E-state index contributed by atoms with van der Waals surface area (Å²) in [5, 5.41) is 4.86. The lowest BCUT2D eigenvalue weighted by atomic mass is 10.2. The summed E-state index contributed by atoms with van der Waals surface area (Å²) in [4.78, 5) is 24.4. The van der Waals surface area contributed by atoms with Crippen LogP contribution in [-0.4, -0.2) is 17.7 Å². The topological polar surface area (TPSA) is 71.3 Å². The summed E-state index contributed by atoms with van der Waals surface area (Å²) in [5.41, 5.74) is 2.26. The highest BCUT2D eigenvalue weighted by atomic mass is 32.2. The molecule has 116 valence electrons. The Bertz CT molecular complexity index is 653. The van der Waals surface area contributed by atoms with E-state index in [4.69, 9.17) is 4.42 Å². The molecule has 1 aromatic heterocycles. The molecule has 0 spiro atoms. The van der Waals surface area contributed by atoms with Gasteiger partial charge in [0.15, 0.2) is 0 Å². The molecule has 2 aromatic rings. The standard InChI is InChI=1S/C16H18N2O3S/c1-11-5-6-12(2)14(8-11)22-10-15(19)18-16(20)17-9-13-4-3-7-21-13/h3-8H,9-10H2,1-2H3,(H2,17,18,19,20). The number of furan rings is 1. The average molecular weight is 318 g/mol. The molecule has 0 saturated carbocycles. The second-order valence-electron chi connectivity index (χ2n) is 4.87. The SMILES string of the molecule is Cc1ccc(C)c(SCC(=O)NC(=O)NCc2ccco2)c1. The summed E-state index contributed by atoms with van der Waals surface area (Å²) >= 11 is 1.42. The maximum Gasteiger partial charge on any atom is 0.321 e. The average Bonchev–Trinajstić information content (AvgIpc) is 2.99. The third-order valence-electron chi connectivity index (χ3n) is 2.96. The minimum absolute atomic E-state index is 0.193. The number of carbonyl (C=O) groups is 2. The highest BCUT2D eigenvalue weighted by molar-refractivity contribution is 8.00. The van der Waals surface area contributed by atoms with Crippen LogP contribution in [0.15, 0.2) is 45.9 Å². The highest BCUT2D eigenvalue weighted by Crippen LogP contribution is 2.23. The lowest BCUT2D eigenvalue weighted by Gasteiger charge is -2.08. The van der Waals surface area contributed by atoms with Crippen LogP contribution >= 0.6 is 11.8 Å². The van der Waals surface area contributed by atoms with Gasteiger partial charge in [0, 0.05) is 4.90 Å². The van der Waals surface area contributed by atoms with Crippen molar-refractivity contribution < 1.29 is 14.0 Å². The monoisotopic (exact) mass is 318 g/mol. The summed E-state index contributed by atoms with van der Waals surface area (Å²) in [7, 11) is 0. The number of rotatable bonds is 5. The molecule has 0 aliphatic rings. The van der Waals surface area contributed by atoms with Crippen molar-refractivity contribution in [3.05, 3.63) is 53.5 Å². The summed E-state index contributed by atoms with van der Waals surface area (Å²) < 4.78 is 5.09. The minimum Gasteiger partial charge on any atom is -0.467 e. The van der Waals surface area contributed by atoms with Crippen LogP contribution in [0.25, 0.3) is 0 Å². The molecule has 1 aromatic carbocycles. The number of thioether (sulfide) groups is 1. The van der Waals surface area contributed by atoms with Gasteiger partial charge in [0.25, 0.3) is 0 Å². The summed E-state index contributed by atoms with van der Waals surface area (Å²) in [6.07, 6.45) is 1.53. The maximum absolute atomic E-state index is 11.8. The van der Waals surface area contributed by atoms with Gasteiger partial charge in [-0.3, -0.25) is 10.1 Å². The Morgan fingerprint density at radius 3 is 2.77 bits per heavy atom. The van der Waals surface area contributed by atoms with Crippen molar-refractivity contribution in [1.29, 1.82) is 0 Å². The molecule has 1 heterocycles. The molecule has 0 saturated heterocycles. The molecule has 0 aliphatic carbocycles. The highest BCUT2D eigenvalue weighted by Gasteiger charge is 2.09. The number of hydrogen-bond donors (Lipinski definition) is 2. The number of amides is 3. The molecule has 0 atom stereocenters. The zero-order chi connectivity index (χ0) is 15.9. The smallest absolute Gasteiger partial charge is 0.321 e. The van der Waals surface area contributed by atoms with Crippen LogP contribution in [0.1, 0.15) is 16.9 Å². The Kier molecular flexibility index (Phi) is 5.66. The third-order valence-corrected chi connectivity index (χ3v) is 4.12. The van der Waals surface area contributed by atoms with E-state index in [9.17, 15) is 9.59 Å². The first-order valence-corrected chi connectivity index (χ1v) is 7.83. The first kappa shape index (κ1) is 16.2. The minimum atomic E-state index is -0.525. The van der Waals surface area contributed by atoms with Gasteiger partial charge >= 0.3 is 6.03 Å². The molecule has 0 fully saturated rings. The predicted molar refractivity (Wildman–Crippen MR) is 85.7 cm³/mol. The second kappa shape index (κ2) is 7.70. The first-order chi connectivity index (χ1) is 10.5. The summed E-state index contributed by atoms with van der Waals surface area (Å²) in [5.74, 6) is 0.494. The number of nitrogens with one attached hydrogen (secondary N) is 2. The molecule has 6 heteroatoms. The van der Waals surface area contributed by atoms with Crippen molar-refractivity contribution in [2.45, 2.75) is 25.3 Å².